The normalized spacial score (nSPS) is 11.6. The second-order valence-corrected chi connectivity index (χ2v) is 9.16. The molecule has 192 valence electrons. The Kier molecular flexibility index (Phi) is 7.85. The van der Waals surface area contributed by atoms with Crippen molar-refractivity contribution < 1.29 is 22.4 Å². The van der Waals surface area contributed by atoms with Crippen LogP contribution in [0.5, 0.6) is 0 Å². The Labute approximate surface area is 218 Å². The summed E-state index contributed by atoms with van der Waals surface area (Å²) in [7, 11) is 0. The van der Waals surface area contributed by atoms with Crippen LogP contribution in [-0.4, -0.2) is 20.1 Å². The summed E-state index contributed by atoms with van der Waals surface area (Å²) < 4.78 is 56.4. The third-order valence-electron chi connectivity index (χ3n) is 5.68. The maximum absolute atomic E-state index is 14.3. The van der Waals surface area contributed by atoms with E-state index in [0.29, 0.717) is 10.6 Å². The quantitative estimate of drug-likeness (QED) is 0.237. The lowest BCUT2D eigenvalue weighted by molar-refractivity contribution is -0.138. The summed E-state index contributed by atoms with van der Waals surface area (Å²) in [5.74, 6) is -0.831. The number of carbonyl (C=O) groups is 1. The van der Waals surface area contributed by atoms with E-state index in [2.05, 4.69) is 5.10 Å². The van der Waals surface area contributed by atoms with Gasteiger partial charge in [0.05, 0.1) is 12.1 Å². The average Bonchev–Trinajstić information content (AvgIpc) is 3.13. The van der Waals surface area contributed by atoms with Gasteiger partial charge >= 0.3 is 11.9 Å². The molecule has 0 spiro atoms. The highest BCUT2D eigenvalue weighted by Gasteiger charge is 2.33. The van der Waals surface area contributed by atoms with Crippen molar-refractivity contribution >= 4 is 29.0 Å². The van der Waals surface area contributed by atoms with Gasteiger partial charge in [0, 0.05) is 27.6 Å². The third-order valence-corrected chi connectivity index (χ3v) is 6.17. The van der Waals surface area contributed by atoms with E-state index in [-0.39, 0.29) is 41.4 Å². The lowest BCUT2D eigenvalue weighted by Gasteiger charge is -2.13. The molecular weight excluding hydrogens is 533 g/mol. The van der Waals surface area contributed by atoms with E-state index < -0.39 is 35.6 Å². The van der Waals surface area contributed by atoms with Gasteiger partial charge in [-0.3, -0.25) is 9.36 Å². The van der Waals surface area contributed by atoms with Gasteiger partial charge in [-0.15, -0.1) is 5.10 Å². The predicted octanol–water partition coefficient (Wildman–Crippen LogP) is 6.43. The van der Waals surface area contributed by atoms with E-state index in [0.717, 1.165) is 16.8 Å². The number of alkyl halides is 3. The molecule has 37 heavy (non-hydrogen) atoms. The van der Waals surface area contributed by atoms with Crippen molar-refractivity contribution in [2.45, 2.75) is 32.1 Å². The number of rotatable bonds is 8. The summed E-state index contributed by atoms with van der Waals surface area (Å²) in [6.45, 7) is -0.610. The van der Waals surface area contributed by atoms with E-state index in [1.54, 1.807) is 30.3 Å². The maximum atomic E-state index is 14.3. The number of ketones is 1. The summed E-state index contributed by atoms with van der Waals surface area (Å²) in [5, 5.41) is 4.86. The molecule has 0 atom stereocenters. The minimum atomic E-state index is -4.60. The van der Waals surface area contributed by atoms with Gasteiger partial charge in [-0.2, -0.15) is 13.2 Å². The fourth-order valence-electron chi connectivity index (χ4n) is 3.86. The van der Waals surface area contributed by atoms with Crippen molar-refractivity contribution in [3.05, 3.63) is 110 Å². The van der Waals surface area contributed by atoms with Crippen LogP contribution < -0.4 is 5.69 Å². The average molecular weight is 552 g/mol. The van der Waals surface area contributed by atoms with Gasteiger partial charge in [0.15, 0.2) is 11.6 Å². The second-order valence-electron chi connectivity index (χ2n) is 8.29. The molecular formula is C26H19Cl2F4N3O2. The van der Waals surface area contributed by atoms with Crippen molar-refractivity contribution in [1.29, 1.82) is 0 Å². The van der Waals surface area contributed by atoms with Crippen LogP contribution in [0, 0.1) is 5.82 Å². The molecule has 1 heterocycles. The van der Waals surface area contributed by atoms with Crippen LogP contribution in [-0.2, 0) is 30.5 Å². The van der Waals surface area contributed by atoms with Gasteiger partial charge in [0.25, 0.3) is 0 Å². The Morgan fingerprint density at radius 3 is 2.27 bits per heavy atom. The molecule has 0 N–H and O–H groups in total. The molecule has 0 bridgehead atoms. The number of aromatic nitrogens is 3. The van der Waals surface area contributed by atoms with Crippen LogP contribution in [0.25, 0.3) is 11.4 Å². The smallest absolute Gasteiger partial charge is 0.298 e. The van der Waals surface area contributed by atoms with Crippen molar-refractivity contribution in [3.63, 3.8) is 0 Å². The minimum Gasteiger partial charge on any atom is -0.298 e. The number of Topliss-reactive ketones (excluding diaryl/α,β-unsaturated/α-hetero) is 1. The lowest BCUT2D eigenvalue weighted by Crippen LogP contribution is -2.28. The van der Waals surface area contributed by atoms with Gasteiger partial charge in [-0.25, -0.2) is 13.9 Å². The zero-order valence-electron chi connectivity index (χ0n) is 19.1. The number of benzene rings is 3. The highest BCUT2D eigenvalue weighted by atomic mass is 35.5. The monoisotopic (exact) mass is 551 g/mol. The number of nitrogens with zero attached hydrogens (tertiary/aromatic N) is 3. The molecule has 0 aliphatic carbocycles. The molecule has 3 aromatic carbocycles. The first-order valence-corrected chi connectivity index (χ1v) is 11.8. The molecule has 11 heteroatoms. The summed E-state index contributed by atoms with van der Waals surface area (Å²) in [4.78, 5) is 25.9. The molecule has 4 aromatic rings. The van der Waals surface area contributed by atoms with Crippen molar-refractivity contribution in [3.8, 4) is 11.4 Å². The highest BCUT2D eigenvalue weighted by molar-refractivity contribution is 6.30. The molecule has 0 aliphatic heterocycles. The summed E-state index contributed by atoms with van der Waals surface area (Å²) >= 11 is 11.8. The molecule has 0 saturated heterocycles. The Morgan fingerprint density at radius 2 is 1.59 bits per heavy atom. The van der Waals surface area contributed by atoms with Gasteiger partial charge < -0.3 is 0 Å². The summed E-state index contributed by atoms with van der Waals surface area (Å²) in [6.07, 6.45) is -5.09. The fraction of sp³-hybridized carbons (Fsp3) is 0.192. The first kappa shape index (κ1) is 26.6. The van der Waals surface area contributed by atoms with E-state index in [9.17, 15) is 27.2 Å². The third kappa shape index (κ3) is 6.29. The first-order chi connectivity index (χ1) is 17.5. The lowest BCUT2D eigenvalue weighted by atomic mass is 10.0. The van der Waals surface area contributed by atoms with Crippen LogP contribution >= 0.6 is 23.2 Å². The molecule has 0 radical (unpaired) electrons. The van der Waals surface area contributed by atoms with Crippen molar-refractivity contribution in [2.75, 3.05) is 0 Å². The van der Waals surface area contributed by atoms with E-state index >= 15 is 0 Å². The SMILES string of the molecule is O=C(CCc1cc(Cl)ccc1C(F)(F)F)Cn1nc(-c2ccc(Cl)cc2)n(Cc2ccccc2F)c1=O. The number of carbonyl (C=O) groups excluding carboxylic acids is 1. The van der Waals surface area contributed by atoms with E-state index in [4.69, 9.17) is 23.2 Å². The number of halogens is 6. The van der Waals surface area contributed by atoms with Crippen LogP contribution in [0.1, 0.15) is 23.1 Å². The van der Waals surface area contributed by atoms with Gasteiger partial charge in [-0.05, 0) is 60.5 Å². The Balaban J connectivity index is 1.61. The molecule has 0 saturated carbocycles. The van der Waals surface area contributed by atoms with Crippen LogP contribution in [0.3, 0.4) is 0 Å². The zero-order chi connectivity index (χ0) is 26.7. The molecule has 5 nitrogen and oxygen atoms in total. The van der Waals surface area contributed by atoms with E-state index in [1.807, 2.05) is 0 Å². The minimum absolute atomic E-state index is 0.117. The predicted molar refractivity (Wildman–Crippen MR) is 132 cm³/mol. The molecule has 0 unspecified atom stereocenters. The Morgan fingerprint density at radius 1 is 0.919 bits per heavy atom. The largest absolute Gasteiger partial charge is 0.416 e. The van der Waals surface area contributed by atoms with Gasteiger partial charge in [0.1, 0.15) is 12.4 Å². The summed E-state index contributed by atoms with van der Waals surface area (Å²) in [5.41, 5.74) is -0.905. The number of hydrogen-bond acceptors (Lipinski definition) is 3. The Hall–Kier alpha value is -3.43. The second kappa shape index (κ2) is 10.9. The number of hydrogen-bond donors (Lipinski definition) is 0. The zero-order valence-corrected chi connectivity index (χ0v) is 20.6. The maximum Gasteiger partial charge on any atom is 0.416 e. The molecule has 0 fully saturated rings. The van der Waals surface area contributed by atoms with Crippen molar-refractivity contribution in [1.82, 2.24) is 14.3 Å². The molecule has 4 rings (SSSR count). The van der Waals surface area contributed by atoms with Gasteiger partial charge in [0.2, 0.25) is 0 Å². The van der Waals surface area contributed by atoms with Crippen molar-refractivity contribution in [2.24, 2.45) is 0 Å². The highest BCUT2D eigenvalue weighted by Crippen LogP contribution is 2.34. The van der Waals surface area contributed by atoms with Gasteiger partial charge in [-0.1, -0.05) is 41.4 Å². The molecule has 1 aromatic heterocycles. The standard InChI is InChI=1S/C26H19Cl2F4N3O2/c27-19-8-5-16(6-9-19)24-33-35(25(37)34(24)14-18-3-1-2-4-23(18)29)15-21(36)11-7-17-13-20(28)10-12-22(17)26(30,31)32/h1-6,8-10,12-13H,7,11,14-15H2. The Bertz CT molecular complexity index is 1500. The topological polar surface area (TPSA) is 56.9 Å². The first-order valence-electron chi connectivity index (χ1n) is 11.1. The molecule has 0 amide bonds. The van der Waals surface area contributed by atoms with Crippen LogP contribution in [0.15, 0.2) is 71.5 Å². The number of aryl methyl sites for hydroxylation is 1. The summed E-state index contributed by atoms with van der Waals surface area (Å²) in [6, 6.07) is 15.6. The van der Waals surface area contributed by atoms with E-state index in [1.165, 1.54) is 28.8 Å². The molecule has 0 aliphatic rings. The van der Waals surface area contributed by atoms with Crippen LogP contribution in [0.4, 0.5) is 17.6 Å². The fourth-order valence-corrected chi connectivity index (χ4v) is 4.18. The van der Waals surface area contributed by atoms with Crippen LogP contribution in [0.2, 0.25) is 10.0 Å².